The van der Waals surface area contributed by atoms with Crippen molar-refractivity contribution in [1.82, 2.24) is 0 Å². The predicted molar refractivity (Wildman–Crippen MR) is 129 cm³/mol. The van der Waals surface area contributed by atoms with E-state index in [1.807, 2.05) is 0 Å². The molecular weight excluding hydrogens is 364 g/mol. The molecule has 4 aromatic rings. The average molecular weight is 391 g/mol. The van der Waals surface area contributed by atoms with E-state index in [1.165, 1.54) is 44.5 Å². The van der Waals surface area contributed by atoms with Gasteiger partial charge in [0, 0.05) is 0 Å². The van der Waals surface area contributed by atoms with Crippen LogP contribution in [0.2, 0.25) is 13.1 Å². The second-order valence-corrected chi connectivity index (χ2v) is 13.2. The first kappa shape index (κ1) is 18.1. The smallest absolute Gasteiger partial charge is 0.0616 e. The van der Waals surface area contributed by atoms with Gasteiger partial charge in [-0.2, -0.15) is 0 Å². The Kier molecular flexibility index (Phi) is 4.11. The van der Waals surface area contributed by atoms with Gasteiger partial charge in [-0.1, -0.05) is 97.0 Å². The maximum absolute atomic E-state index is 2.48. The van der Waals surface area contributed by atoms with Gasteiger partial charge in [0.15, 0.2) is 0 Å². The van der Waals surface area contributed by atoms with Crippen LogP contribution >= 0.6 is 0 Å². The van der Waals surface area contributed by atoms with Crippen LogP contribution in [0.1, 0.15) is 11.1 Å². The Morgan fingerprint density at radius 1 is 0.483 bits per heavy atom. The molecule has 0 unspecified atom stereocenters. The number of hydrogen-bond donors (Lipinski definition) is 0. The van der Waals surface area contributed by atoms with E-state index >= 15 is 0 Å². The van der Waals surface area contributed by atoms with Crippen LogP contribution < -0.4 is 10.4 Å². The van der Waals surface area contributed by atoms with Crippen molar-refractivity contribution in [3.8, 4) is 33.4 Å². The van der Waals surface area contributed by atoms with Crippen LogP contribution in [0.4, 0.5) is 0 Å². The number of hydrogen-bond acceptors (Lipinski definition) is 0. The highest BCUT2D eigenvalue weighted by molar-refractivity contribution is 7.03. The lowest BCUT2D eigenvalue weighted by Crippen LogP contribution is -2.49. The van der Waals surface area contributed by atoms with Crippen molar-refractivity contribution >= 4 is 18.4 Å². The molecule has 0 aromatic heterocycles. The molecule has 0 N–H and O–H groups in total. The van der Waals surface area contributed by atoms with E-state index in [1.54, 1.807) is 10.4 Å². The van der Waals surface area contributed by atoms with Crippen molar-refractivity contribution in [2.45, 2.75) is 26.9 Å². The van der Waals surface area contributed by atoms with Crippen molar-refractivity contribution in [2.75, 3.05) is 0 Å². The molecule has 1 aliphatic rings. The summed E-state index contributed by atoms with van der Waals surface area (Å²) in [6, 6.07) is 31.9. The summed E-state index contributed by atoms with van der Waals surface area (Å²) in [7, 11) is -1.65. The van der Waals surface area contributed by atoms with Gasteiger partial charge in [-0.25, -0.2) is 0 Å². The summed E-state index contributed by atoms with van der Waals surface area (Å²) in [5, 5.41) is 3.12. The molecule has 5 rings (SSSR count). The molecule has 0 saturated carbocycles. The molecule has 0 nitrogen and oxygen atoms in total. The zero-order valence-electron chi connectivity index (χ0n) is 17.6. The van der Waals surface area contributed by atoms with E-state index in [4.69, 9.17) is 0 Å². The van der Waals surface area contributed by atoms with E-state index < -0.39 is 8.07 Å². The fourth-order valence-corrected chi connectivity index (χ4v) is 7.83. The second kappa shape index (κ2) is 6.57. The first-order valence-corrected chi connectivity index (χ1v) is 13.4. The molecule has 0 saturated heterocycles. The van der Waals surface area contributed by atoms with Gasteiger partial charge in [0.25, 0.3) is 0 Å². The normalized spacial score (nSPS) is 13.8. The third-order valence-electron chi connectivity index (χ3n) is 6.38. The zero-order valence-corrected chi connectivity index (χ0v) is 18.6. The third kappa shape index (κ3) is 2.97. The highest BCUT2D eigenvalue weighted by atomic mass is 28.3. The minimum Gasteiger partial charge on any atom is -0.0616 e. The molecule has 29 heavy (non-hydrogen) atoms. The van der Waals surface area contributed by atoms with E-state index in [0.717, 1.165) is 0 Å². The van der Waals surface area contributed by atoms with Crippen LogP contribution in [-0.2, 0) is 0 Å². The van der Waals surface area contributed by atoms with E-state index in [9.17, 15) is 0 Å². The van der Waals surface area contributed by atoms with Gasteiger partial charge >= 0.3 is 0 Å². The Balaban J connectivity index is 1.70. The number of fused-ring (bicyclic) bond motifs is 3. The summed E-state index contributed by atoms with van der Waals surface area (Å²) in [6.07, 6.45) is 0. The fraction of sp³-hybridized carbons (Fsp3) is 0.143. The lowest BCUT2D eigenvalue weighted by atomic mass is 9.95. The number of benzene rings is 4. The summed E-state index contributed by atoms with van der Waals surface area (Å²) in [5.74, 6) is 0. The molecule has 0 bridgehead atoms. The van der Waals surface area contributed by atoms with Crippen molar-refractivity contribution in [2.24, 2.45) is 0 Å². The zero-order chi connectivity index (χ0) is 20.2. The molecule has 0 atom stereocenters. The van der Waals surface area contributed by atoms with Crippen molar-refractivity contribution in [3.63, 3.8) is 0 Å². The minimum atomic E-state index is -1.65. The van der Waals surface area contributed by atoms with Gasteiger partial charge in [0.05, 0.1) is 0 Å². The summed E-state index contributed by atoms with van der Waals surface area (Å²) in [6.45, 7) is 9.29. The molecule has 0 spiro atoms. The van der Waals surface area contributed by atoms with E-state index in [0.29, 0.717) is 0 Å². The lowest BCUT2D eigenvalue weighted by Gasteiger charge is -2.19. The molecule has 0 amide bonds. The molecule has 1 heteroatoms. The highest BCUT2D eigenvalue weighted by Gasteiger charge is 2.37. The van der Waals surface area contributed by atoms with Crippen LogP contribution in [0.25, 0.3) is 33.4 Å². The second-order valence-electron chi connectivity index (χ2n) is 8.88. The average Bonchev–Trinajstić information content (AvgIpc) is 2.94. The Bertz CT molecular complexity index is 1150. The third-order valence-corrected chi connectivity index (χ3v) is 9.94. The van der Waals surface area contributed by atoms with Gasteiger partial charge in [-0.05, 0) is 69.7 Å². The Hall–Kier alpha value is -2.90. The molecule has 0 radical (unpaired) electrons. The maximum Gasteiger partial charge on any atom is 0.113 e. The van der Waals surface area contributed by atoms with Gasteiger partial charge in [-0.15, -0.1) is 0 Å². The molecule has 0 fully saturated rings. The Morgan fingerprint density at radius 2 is 0.897 bits per heavy atom. The van der Waals surface area contributed by atoms with Crippen LogP contribution in [0.3, 0.4) is 0 Å². The molecule has 4 aromatic carbocycles. The summed E-state index contributed by atoms with van der Waals surface area (Å²) in [5.41, 5.74) is 10.7. The Labute approximate surface area is 174 Å². The maximum atomic E-state index is 2.48. The highest BCUT2D eigenvalue weighted by Crippen LogP contribution is 2.34. The van der Waals surface area contributed by atoms with E-state index in [-0.39, 0.29) is 0 Å². The first-order valence-electron chi connectivity index (χ1n) is 10.4. The van der Waals surface area contributed by atoms with Gasteiger partial charge in [0.1, 0.15) is 8.07 Å². The quantitative estimate of drug-likeness (QED) is 0.345. The molecular formula is C28H26Si. The van der Waals surface area contributed by atoms with Gasteiger partial charge in [0.2, 0.25) is 0 Å². The molecule has 0 aliphatic carbocycles. The SMILES string of the molecule is Cc1cccc(-c2ccc3c(c2)-c2cc(-c4cccc(C)c4)ccc2[Si]3(C)C)c1. The fourth-order valence-electron chi connectivity index (χ4n) is 4.78. The van der Waals surface area contributed by atoms with Crippen molar-refractivity contribution < 1.29 is 0 Å². The number of rotatable bonds is 2. The van der Waals surface area contributed by atoms with Gasteiger partial charge in [-0.3, -0.25) is 0 Å². The molecule has 142 valence electrons. The van der Waals surface area contributed by atoms with Gasteiger partial charge < -0.3 is 0 Å². The minimum absolute atomic E-state index is 1.30. The van der Waals surface area contributed by atoms with Crippen molar-refractivity contribution in [3.05, 3.63) is 96.1 Å². The lowest BCUT2D eigenvalue weighted by molar-refractivity contribution is 1.47. The van der Waals surface area contributed by atoms with Crippen LogP contribution in [0, 0.1) is 13.8 Å². The monoisotopic (exact) mass is 390 g/mol. The van der Waals surface area contributed by atoms with E-state index in [2.05, 4.69) is 112 Å². The Morgan fingerprint density at radius 3 is 1.31 bits per heavy atom. The molecule has 1 heterocycles. The predicted octanol–water partition coefficient (Wildman–Crippen LogP) is 6.44. The van der Waals surface area contributed by atoms with Crippen LogP contribution in [0.5, 0.6) is 0 Å². The standard InChI is InChI=1S/C28H26Si/c1-19-7-5-9-21(15-19)23-11-13-27-25(17-23)26-18-24(12-14-28(26)29(27,3)4)22-10-6-8-20(2)16-22/h5-18H,1-4H3. The largest absolute Gasteiger partial charge is 0.113 e. The summed E-state index contributed by atoms with van der Waals surface area (Å²) >= 11 is 0. The first-order chi connectivity index (χ1) is 13.9. The van der Waals surface area contributed by atoms with Crippen LogP contribution in [-0.4, -0.2) is 8.07 Å². The summed E-state index contributed by atoms with van der Waals surface area (Å²) < 4.78 is 0. The topological polar surface area (TPSA) is 0 Å². The van der Waals surface area contributed by atoms with Crippen molar-refractivity contribution in [1.29, 1.82) is 0 Å². The molecule has 1 aliphatic heterocycles. The van der Waals surface area contributed by atoms with Crippen LogP contribution in [0.15, 0.2) is 84.9 Å². The number of aryl methyl sites for hydroxylation is 2. The summed E-state index contributed by atoms with van der Waals surface area (Å²) in [4.78, 5) is 0.